The van der Waals surface area contributed by atoms with Gasteiger partial charge in [0, 0.05) is 13.0 Å². The number of rotatable bonds is 17. The lowest BCUT2D eigenvalue weighted by atomic mass is 10.1. The zero-order valence-corrected chi connectivity index (χ0v) is 18.5. The van der Waals surface area contributed by atoms with E-state index in [0.717, 1.165) is 25.7 Å². The molecule has 1 unspecified atom stereocenters. The first-order chi connectivity index (χ1) is 14.3. The fourth-order valence-electron chi connectivity index (χ4n) is 2.76. The van der Waals surface area contributed by atoms with E-state index in [4.69, 9.17) is 9.47 Å². The Hall–Kier alpha value is -1.71. The summed E-state index contributed by atoms with van der Waals surface area (Å²) in [6.45, 7) is 2.63. The molecule has 0 bridgehead atoms. The van der Waals surface area contributed by atoms with Gasteiger partial charge in [-0.25, -0.2) is 17.5 Å². The number of hydrogen-bond donors (Lipinski definition) is 2. The van der Waals surface area contributed by atoms with E-state index in [0.29, 0.717) is 44.6 Å². The van der Waals surface area contributed by atoms with Gasteiger partial charge in [-0.3, -0.25) is 4.79 Å². The molecule has 0 aliphatic heterocycles. The summed E-state index contributed by atoms with van der Waals surface area (Å²) in [5, 5.41) is 9.91. The van der Waals surface area contributed by atoms with Gasteiger partial charge in [-0.15, -0.1) is 0 Å². The Morgan fingerprint density at radius 2 is 1.80 bits per heavy atom. The molecule has 0 aliphatic rings. The van der Waals surface area contributed by atoms with Crippen LogP contribution in [0, 0.1) is 5.82 Å². The lowest BCUT2D eigenvalue weighted by Crippen LogP contribution is -2.27. The molecule has 1 aromatic carbocycles. The maximum Gasteiger partial charge on any atom is 0.305 e. The molecular weight excluding hydrogens is 413 g/mol. The van der Waals surface area contributed by atoms with E-state index < -0.39 is 16.1 Å². The van der Waals surface area contributed by atoms with Crippen molar-refractivity contribution in [2.75, 3.05) is 25.5 Å². The van der Waals surface area contributed by atoms with Crippen molar-refractivity contribution in [3.63, 3.8) is 0 Å². The molecular formula is C21H34FNO6S. The number of aliphatic hydroxyl groups excluding tert-OH is 1. The summed E-state index contributed by atoms with van der Waals surface area (Å²) in [7, 11) is -3.32. The van der Waals surface area contributed by atoms with Crippen LogP contribution in [0.4, 0.5) is 4.39 Å². The number of sulfonamides is 1. The van der Waals surface area contributed by atoms with Crippen molar-refractivity contribution >= 4 is 16.0 Å². The van der Waals surface area contributed by atoms with Crippen LogP contribution in [0.5, 0.6) is 5.75 Å². The maximum absolute atomic E-state index is 12.8. The highest BCUT2D eigenvalue weighted by atomic mass is 32.2. The Balaban J connectivity index is 2.03. The first-order valence-electron chi connectivity index (χ1n) is 10.5. The van der Waals surface area contributed by atoms with E-state index >= 15 is 0 Å². The number of carbonyl (C=O) groups is 1. The van der Waals surface area contributed by atoms with Crippen molar-refractivity contribution in [1.82, 2.24) is 4.72 Å². The fourth-order valence-corrected chi connectivity index (χ4v) is 3.94. The zero-order valence-electron chi connectivity index (χ0n) is 17.6. The van der Waals surface area contributed by atoms with Crippen molar-refractivity contribution in [3.8, 4) is 5.75 Å². The Labute approximate surface area is 179 Å². The molecule has 2 N–H and O–H groups in total. The number of hydrogen-bond acceptors (Lipinski definition) is 6. The van der Waals surface area contributed by atoms with E-state index in [2.05, 4.69) is 4.72 Å². The molecule has 30 heavy (non-hydrogen) atoms. The van der Waals surface area contributed by atoms with Gasteiger partial charge in [-0.2, -0.15) is 0 Å². The molecule has 0 spiro atoms. The molecule has 0 saturated heterocycles. The first kappa shape index (κ1) is 26.3. The highest BCUT2D eigenvalue weighted by Crippen LogP contribution is 2.12. The van der Waals surface area contributed by atoms with Gasteiger partial charge in [0.2, 0.25) is 10.0 Å². The number of nitrogens with one attached hydrogen (secondary N) is 1. The van der Waals surface area contributed by atoms with Crippen LogP contribution in [0.2, 0.25) is 0 Å². The molecule has 0 amide bonds. The molecule has 1 atom stereocenters. The number of aliphatic hydroxyl groups is 1. The topological polar surface area (TPSA) is 102 Å². The Morgan fingerprint density at radius 3 is 2.50 bits per heavy atom. The summed E-state index contributed by atoms with van der Waals surface area (Å²) in [5.41, 5.74) is 0. The third-order valence-electron chi connectivity index (χ3n) is 4.39. The summed E-state index contributed by atoms with van der Waals surface area (Å²) in [6.07, 6.45) is 4.31. The predicted octanol–water partition coefficient (Wildman–Crippen LogP) is 3.17. The molecule has 0 heterocycles. The van der Waals surface area contributed by atoms with Crippen molar-refractivity contribution in [1.29, 1.82) is 0 Å². The van der Waals surface area contributed by atoms with Crippen molar-refractivity contribution in [2.24, 2.45) is 0 Å². The van der Waals surface area contributed by atoms with Crippen LogP contribution in [-0.4, -0.2) is 51.1 Å². The highest BCUT2D eigenvalue weighted by Gasteiger charge is 2.11. The first-order valence-corrected chi connectivity index (χ1v) is 12.2. The minimum absolute atomic E-state index is 0.0153. The standard InChI is InChI=1S/C21H34FNO6S/c1-2-28-21(25)10-5-3-4-7-15-23-30(26,27)16-8-6-9-19(24)17-29-20-13-11-18(22)12-14-20/h11-14,19,23-24H,2-10,15-17H2,1H3. The van der Waals surface area contributed by atoms with E-state index in [1.165, 1.54) is 24.3 Å². The molecule has 1 aromatic rings. The molecule has 0 fully saturated rings. The van der Waals surface area contributed by atoms with Crippen LogP contribution in [0.15, 0.2) is 24.3 Å². The smallest absolute Gasteiger partial charge is 0.305 e. The Morgan fingerprint density at radius 1 is 1.10 bits per heavy atom. The number of unbranched alkanes of at least 4 members (excludes halogenated alkanes) is 4. The second-order valence-corrected chi connectivity index (χ2v) is 9.02. The van der Waals surface area contributed by atoms with Crippen LogP contribution in [0.25, 0.3) is 0 Å². The number of halogens is 1. The number of ether oxygens (including phenoxy) is 2. The number of esters is 1. The minimum atomic E-state index is -3.32. The van der Waals surface area contributed by atoms with Gasteiger partial charge in [0.15, 0.2) is 0 Å². The third-order valence-corrected chi connectivity index (χ3v) is 5.86. The summed E-state index contributed by atoms with van der Waals surface area (Å²) in [4.78, 5) is 11.2. The molecule has 0 aliphatic carbocycles. The van der Waals surface area contributed by atoms with E-state index in [9.17, 15) is 22.7 Å². The molecule has 0 aromatic heterocycles. The van der Waals surface area contributed by atoms with Gasteiger partial charge in [-0.05, 0) is 63.3 Å². The predicted molar refractivity (Wildman–Crippen MR) is 113 cm³/mol. The average Bonchev–Trinajstić information content (AvgIpc) is 2.70. The van der Waals surface area contributed by atoms with Crippen LogP contribution < -0.4 is 9.46 Å². The van der Waals surface area contributed by atoms with Gasteiger partial charge in [0.25, 0.3) is 0 Å². The summed E-state index contributed by atoms with van der Waals surface area (Å²) in [6, 6.07) is 5.54. The van der Waals surface area contributed by atoms with E-state index in [-0.39, 0.29) is 24.1 Å². The maximum atomic E-state index is 12.8. The van der Waals surface area contributed by atoms with Gasteiger partial charge >= 0.3 is 5.97 Å². The average molecular weight is 448 g/mol. The quantitative estimate of drug-likeness (QED) is 0.281. The van der Waals surface area contributed by atoms with E-state index in [1.807, 2.05) is 0 Å². The molecule has 0 saturated carbocycles. The lowest BCUT2D eigenvalue weighted by Gasteiger charge is -2.12. The van der Waals surface area contributed by atoms with Crippen molar-refractivity contribution in [3.05, 3.63) is 30.1 Å². The molecule has 172 valence electrons. The van der Waals surface area contributed by atoms with Crippen LogP contribution in [0.1, 0.15) is 58.3 Å². The Kier molecular flexibility index (Phi) is 13.3. The SMILES string of the molecule is CCOC(=O)CCCCCCNS(=O)(=O)CCCCC(O)COc1ccc(F)cc1. The van der Waals surface area contributed by atoms with Crippen molar-refractivity contribution < 1.29 is 32.2 Å². The second-order valence-electron chi connectivity index (χ2n) is 7.10. The molecule has 0 radical (unpaired) electrons. The third kappa shape index (κ3) is 13.5. The summed E-state index contributed by atoms with van der Waals surface area (Å²) >= 11 is 0. The van der Waals surface area contributed by atoms with Crippen molar-refractivity contribution in [2.45, 2.75) is 64.4 Å². The number of benzene rings is 1. The minimum Gasteiger partial charge on any atom is -0.491 e. The second kappa shape index (κ2) is 15.1. The summed E-state index contributed by atoms with van der Waals surface area (Å²) < 4.78 is 49.6. The summed E-state index contributed by atoms with van der Waals surface area (Å²) in [5.74, 6) is -0.0540. The largest absolute Gasteiger partial charge is 0.491 e. The molecule has 7 nitrogen and oxygen atoms in total. The normalized spacial score (nSPS) is 12.5. The van der Waals surface area contributed by atoms with Gasteiger partial charge in [-0.1, -0.05) is 12.8 Å². The molecule has 1 rings (SSSR count). The van der Waals surface area contributed by atoms with Crippen LogP contribution in [0.3, 0.4) is 0 Å². The zero-order chi connectivity index (χ0) is 22.2. The van der Waals surface area contributed by atoms with Gasteiger partial charge in [0.1, 0.15) is 18.2 Å². The van der Waals surface area contributed by atoms with Gasteiger partial charge < -0.3 is 14.6 Å². The Bertz CT molecular complexity index is 696. The highest BCUT2D eigenvalue weighted by molar-refractivity contribution is 7.89. The van der Waals surface area contributed by atoms with Crippen LogP contribution in [-0.2, 0) is 19.6 Å². The monoisotopic (exact) mass is 447 g/mol. The van der Waals surface area contributed by atoms with E-state index in [1.54, 1.807) is 6.92 Å². The fraction of sp³-hybridized carbons (Fsp3) is 0.667. The van der Waals surface area contributed by atoms with Crippen LogP contribution >= 0.6 is 0 Å². The van der Waals surface area contributed by atoms with Gasteiger partial charge in [0.05, 0.1) is 18.5 Å². The lowest BCUT2D eigenvalue weighted by molar-refractivity contribution is -0.143. The number of carbonyl (C=O) groups excluding carboxylic acids is 1. The molecule has 9 heteroatoms.